The van der Waals surface area contributed by atoms with Gasteiger partial charge in [-0.3, -0.25) is 0 Å². The predicted octanol–water partition coefficient (Wildman–Crippen LogP) is 3.13. The molecule has 0 aromatic carbocycles. The van der Waals surface area contributed by atoms with Crippen molar-refractivity contribution in [3.8, 4) is 0 Å². The average Bonchev–Trinajstić information content (AvgIpc) is 2.90. The lowest BCUT2D eigenvalue weighted by Crippen LogP contribution is -2.11. The summed E-state index contributed by atoms with van der Waals surface area (Å²) in [5, 5.41) is 3.50. The van der Waals surface area contributed by atoms with E-state index in [1.165, 1.54) is 25.7 Å². The zero-order valence-corrected chi connectivity index (χ0v) is 9.95. The van der Waals surface area contributed by atoms with Gasteiger partial charge in [0.15, 0.2) is 0 Å². The van der Waals surface area contributed by atoms with E-state index in [-0.39, 0.29) is 0 Å². The van der Waals surface area contributed by atoms with Crippen LogP contribution in [0.15, 0.2) is 6.20 Å². The van der Waals surface area contributed by atoms with Gasteiger partial charge in [-0.1, -0.05) is 13.3 Å². The van der Waals surface area contributed by atoms with Gasteiger partial charge in [-0.05, 0) is 33.1 Å². The van der Waals surface area contributed by atoms with Crippen LogP contribution in [0.1, 0.15) is 51.3 Å². The second-order valence-electron chi connectivity index (χ2n) is 4.67. The Morgan fingerprint density at radius 1 is 1.60 bits per heavy atom. The summed E-state index contributed by atoms with van der Waals surface area (Å²) >= 11 is 0. The van der Waals surface area contributed by atoms with Crippen LogP contribution < -0.4 is 5.32 Å². The van der Waals surface area contributed by atoms with Gasteiger partial charge < -0.3 is 9.88 Å². The van der Waals surface area contributed by atoms with Crippen LogP contribution in [0.25, 0.3) is 0 Å². The molecule has 0 amide bonds. The minimum absolute atomic E-state index is 0.553. The van der Waals surface area contributed by atoms with Crippen LogP contribution in [0.3, 0.4) is 0 Å². The monoisotopic (exact) mass is 207 g/mol. The number of hydrogen-bond donors (Lipinski definition) is 1. The molecule has 1 N–H and O–H groups in total. The Morgan fingerprint density at radius 3 is 2.93 bits per heavy atom. The van der Waals surface area contributed by atoms with Gasteiger partial charge in [-0.15, -0.1) is 0 Å². The van der Waals surface area contributed by atoms with Crippen molar-refractivity contribution >= 4 is 5.95 Å². The lowest BCUT2D eigenvalue weighted by molar-refractivity contribution is 0.504. The van der Waals surface area contributed by atoms with E-state index in [0.717, 1.165) is 11.6 Å². The van der Waals surface area contributed by atoms with Crippen LogP contribution in [-0.4, -0.2) is 15.6 Å². The van der Waals surface area contributed by atoms with Gasteiger partial charge in [0, 0.05) is 18.3 Å². The second kappa shape index (κ2) is 4.25. The Balaban J connectivity index is 2.12. The lowest BCUT2D eigenvalue weighted by atomic mass is 10.2. The average molecular weight is 207 g/mol. The lowest BCUT2D eigenvalue weighted by Gasteiger charge is -2.15. The largest absolute Gasteiger partial charge is 0.353 e. The molecule has 1 aromatic rings. The van der Waals surface area contributed by atoms with E-state index in [0.29, 0.717) is 12.1 Å². The molecule has 0 saturated heterocycles. The van der Waals surface area contributed by atoms with Crippen molar-refractivity contribution in [2.45, 2.75) is 58.5 Å². The van der Waals surface area contributed by atoms with E-state index < -0.39 is 0 Å². The minimum atomic E-state index is 0.553. The van der Waals surface area contributed by atoms with Gasteiger partial charge in [0.25, 0.3) is 0 Å². The SMILES string of the molecule is CCCC(C)n1cc(C)nc1NC1CC1. The number of imidazole rings is 1. The summed E-state index contributed by atoms with van der Waals surface area (Å²) in [6.45, 7) is 6.56. The number of aromatic nitrogens is 2. The molecule has 15 heavy (non-hydrogen) atoms. The highest BCUT2D eigenvalue weighted by Crippen LogP contribution is 2.26. The van der Waals surface area contributed by atoms with Crippen LogP contribution in [0, 0.1) is 6.92 Å². The molecule has 0 bridgehead atoms. The molecule has 1 aliphatic rings. The number of nitrogens with zero attached hydrogens (tertiary/aromatic N) is 2. The summed E-state index contributed by atoms with van der Waals surface area (Å²) in [4.78, 5) is 4.55. The fourth-order valence-electron chi connectivity index (χ4n) is 1.93. The van der Waals surface area contributed by atoms with E-state index in [2.05, 4.69) is 41.8 Å². The molecule has 3 heteroatoms. The number of hydrogen-bond acceptors (Lipinski definition) is 2. The number of rotatable bonds is 5. The summed E-state index contributed by atoms with van der Waals surface area (Å²) in [6.07, 6.45) is 7.20. The molecule has 0 spiro atoms. The third-order valence-corrected chi connectivity index (χ3v) is 2.94. The van der Waals surface area contributed by atoms with E-state index >= 15 is 0 Å². The first kappa shape index (κ1) is 10.5. The number of aryl methyl sites for hydroxylation is 1. The highest BCUT2D eigenvalue weighted by molar-refractivity contribution is 5.32. The number of anilines is 1. The first-order valence-corrected chi connectivity index (χ1v) is 6.02. The zero-order chi connectivity index (χ0) is 10.8. The molecule has 1 aliphatic carbocycles. The minimum Gasteiger partial charge on any atom is -0.353 e. The molecule has 3 nitrogen and oxygen atoms in total. The summed E-state index contributed by atoms with van der Waals surface area (Å²) in [7, 11) is 0. The predicted molar refractivity (Wildman–Crippen MR) is 63.2 cm³/mol. The maximum Gasteiger partial charge on any atom is 0.203 e. The molecule has 1 fully saturated rings. The van der Waals surface area contributed by atoms with Crippen molar-refractivity contribution in [3.05, 3.63) is 11.9 Å². The number of nitrogens with one attached hydrogen (secondary N) is 1. The zero-order valence-electron chi connectivity index (χ0n) is 9.95. The highest BCUT2D eigenvalue weighted by atomic mass is 15.2. The highest BCUT2D eigenvalue weighted by Gasteiger charge is 2.23. The first-order chi connectivity index (χ1) is 7.20. The summed E-state index contributed by atoms with van der Waals surface area (Å²) in [5.74, 6) is 1.07. The summed E-state index contributed by atoms with van der Waals surface area (Å²) < 4.78 is 2.29. The Bertz CT molecular complexity index is 326. The smallest absolute Gasteiger partial charge is 0.203 e. The molecule has 1 unspecified atom stereocenters. The summed E-state index contributed by atoms with van der Waals surface area (Å²) in [5.41, 5.74) is 1.11. The molecule has 1 saturated carbocycles. The molecular weight excluding hydrogens is 186 g/mol. The fourth-order valence-corrected chi connectivity index (χ4v) is 1.93. The maximum absolute atomic E-state index is 4.55. The molecule has 84 valence electrons. The van der Waals surface area contributed by atoms with Crippen molar-refractivity contribution in [2.75, 3.05) is 5.32 Å². The molecule has 1 heterocycles. The molecular formula is C12H21N3. The van der Waals surface area contributed by atoms with E-state index in [1.807, 2.05) is 0 Å². The van der Waals surface area contributed by atoms with Gasteiger partial charge in [0.2, 0.25) is 5.95 Å². The molecule has 0 radical (unpaired) electrons. The van der Waals surface area contributed by atoms with Gasteiger partial charge in [0.05, 0.1) is 5.69 Å². The fraction of sp³-hybridized carbons (Fsp3) is 0.750. The molecule has 2 rings (SSSR count). The van der Waals surface area contributed by atoms with Crippen molar-refractivity contribution < 1.29 is 0 Å². The topological polar surface area (TPSA) is 29.9 Å². The first-order valence-electron chi connectivity index (χ1n) is 6.02. The Morgan fingerprint density at radius 2 is 2.33 bits per heavy atom. The van der Waals surface area contributed by atoms with E-state index in [1.54, 1.807) is 0 Å². The van der Waals surface area contributed by atoms with Gasteiger partial charge >= 0.3 is 0 Å². The molecule has 1 aromatic heterocycles. The third-order valence-electron chi connectivity index (χ3n) is 2.94. The van der Waals surface area contributed by atoms with Crippen LogP contribution in [0.4, 0.5) is 5.95 Å². The van der Waals surface area contributed by atoms with Crippen LogP contribution in [-0.2, 0) is 0 Å². The van der Waals surface area contributed by atoms with Gasteiger partial charge in [-0.25, -0.2) is 4.98 Å². The quantitative estimate of drug-likeness (QED) is 0.804. The van der Waals surface area contributed by atoms with Crippen molar-refractivity contribution in [3.63, 3.8) is 0 Å². The van der Waals surface area contributed by atoms with Crippen molar-refractivity contribution in [1.82, 2.24) is 9.55 Å². The van der Waals surface area contributed by atoms with Gasteiger partial charge in [0.1, 0.15) is 0 Å². The Kier molecular flexibility index (Phi) is 2.98. The Hall–Kier alpha value is -0.990. The van der Waals surface area contributed by atoms with E-state index in [4.69, 9.17) is 0 Å². The molecule has 0 aliphatic heterocycles. The third kappa shape index (κ3) is 2.52. The van der Waals surface area contributed by atoms with Crippen molar-refractivity contribution in [2.24, 2.45) is 0 Å². The second-order valence-corrected chi connectivity index (χ2v) is 4.67. The van der Waals surface area contributed by atoms with Crippen LogP contribution in [0.5, 0.6) is 0 Å². The van der Waals surface area contributed by atoms with E-state index in [9.17, 15) is 0 Å². The van der Waals surface area contributed by atoms with Gasteiger partial charge in [-0.2, -0.15) is 0 Å². The normalized spacial score (nSPS) is 17.8. The standard InChI is InChI=1S/C12H21N3/c1-4-5-10(3)15-8-9(2)13-12(15)14-11-6-7-11/h8,10-11H,4-7H2,1-3H3,(H,13,14). The maximum atomic E-state index is 4.55. The van der Waals surface area contributed by atoms with Crippen LogP contribution >= 0.6 is 0 Å². The molecule has 1 atom stereocenters. The van der Waals surface area contributed by atoms with Crippen molar-refractivity contribution in [1.29, 1.82) is 0 Å². The summed E-state index contributed by atoms with van der Waals surface area (Å²) in [6, 6.07) is 1.23. The Labute approximate surface area is 91.9 Å². The van der Waals surface area contributed by atoms with Crippen LogP contribution in [0.2, 0.25) is 0 Å².